The number of nitrogens with zero attached hydrogens (tertiary/aromatic N) is 3. The molecule has 1 fully saturated rings. The summed E-state index contributed by atoms with van der Waals surface area (Å²) in [6.45, 7) is 6.89. The number of ether oxygens (including phenoxy) is 1. The second-order valence-corrected chi connectivity index (χ2v) is 6.10. The van der Waals surface area contributed by atoms with Crippen molar-refractivity contribution in [3.63, 3.8) is 0 Å². The Morgan fingerprint density at radius 3 is 2.76 bits per heavy atom. The van der Waals surface area contributed by atoms with Crippen LogP contribution in [0.25, 0.3) is 0 Å². The van der Waals surface area contributed by atoms with Crippen molar-refractivity contribution in [3.8, 4) is 0 Å². The summed E-state index contributed by atoms with van der Waals surface area (Å²) < 4.78 is 5.34. The Labute approximate surface area is 122 Å². The molecular formula is C13H20N4O4. The van der Waals surface area contributed by atoms with Gasteiger partial charge in [0.2, 0.25) is 5.82 Å². The molecule has 1 saturated heterocycles. The highest BCUT2D eigenvalue weighted by atomic mass is 16.5. The lowest BCUT2D eigenvalue weighted by Crippen LogP contribution is -2.46. The molecule has 116 valence electrons. The van der Waals surface area contributed by atoms with Crippen LogP contribution >= 0.6 is 0 Å². The van der Waals surface area contributed by atoms with Gasteiger partial charge in [0.05, 0.1) is 19.1 Å². The Morgan fingerprint density at radius 1 is 1.48 bits per heavy atom. The number of morpholine rings is 1. The summed E-state index contributed by atoms with van der Waals surface area (Å²) in [6, 6.07) is 0. The number of carbonyl (C=O) groups is 2. The third-order valence-corrected chi connectivity index (χ3v) is 3.22. The quantitative estimate of drug-likeness (QED) is 0.836. The van der Waals surface area contributed by atoms with Gasteiger partial charge in [-0.05, 0) is 0 Å². The van der Waals surface area contributed by atoms with E-state index in [1.165, 1.54) is 4.90 Å². The molecule has 0 aliphatic carbocycles. The fourth-order valence-corrected chi connectivity index (χ4v) is 2.06. The maximum absolute atomic E-state index is 12.3. The predicted octanol–water partition coefficient (Wildman–Crippen LogP) is 0.418. The van der Waals surface area contributed by atoms with Crippen molar-refractivity contribution in [2.45, 2.75) is 38.7 Å². The Hall–Kier alpha value is -1.96. The molecule has 0 spiro atoms. The highest BCUT2D eigenvalue weighted by Gasteiger charge is 2.29. The van der Waals surface area contributed by atoms with Crippen molar-refractivity contribution in [1.82, 2.24) is 20.1 Å². The molecule has 1 aliphatic rings. The van der Waals surface area contributed by atoms with E-state index < -0.39 is 12.1 Å². The number of amides is 1. The average Bonchev–Trinajstić information content (AvgIpc) is 2.86. The molecule has 8 heteroatoms. The maximum atomic E-state index is 12.3. The SMILES string of the molecule is CC(C)(C)c1nc(C(=O)N2CCOC(CC(=O)O)C2)n[nH]1. The summed E-state index contributed by atoms with van der Waals surface area (Å²) in [5, 5.41) is 15.5. The largest absolute Gasteiger partial charge is 0.481 e. The van der Waals surface area contributed by atoms with Gasteiger partial charge in [-0.25, -0.2) is 4.98 Å². The van der Waals surface area contributed by atoms with Crippen LogP contribution in [0.4, 0.5) is 0 Å². The highest BCUT2D eigenvalue weighted by molar-refractivity contribution is 5.90. The number of carbonyl (C=O) groups excluding carboxylic acids is 1. The van der Waals surface area contributed by atoms with Gasteiger partial charge < -0.3 is 14.7 Å². The molecule has 1 atom stereocenters. The second-order valence-electron chi connectivity index (χ2n) is 6.10. The number of nitrogens with one attached hydrogen (secondary N) is 1. The number of aromatic amines is 1. The summed E-state index contributed by atoms with van der Waals surface area (Å²) in [5.41, 5.74) is -0.220. The molecule has 8 nitrogen and oxygen atoms in total. The van der Waals surface area contributed by atoms with Crippen LogP contribution in [0.1, 0.15) is 43.6 Å². The van der Waals surface area contributed by atoms with Crippen LogP contribution in [0.2, 0.25) is 0 Å². The van der Waals surface area contributed by atoms with E-state index in [1.54, 1.807) is 0 Å². The van der Waals surface area contributed by atoms with Crippen molar-refractivity contribution in [3.05, 3.63) is 11.6 Å². The van der Waals surface area contributed by atoms with E-state index in [1.807, 2.05) is 20.8 Å². The van der Waals surface area contributed by atoms with Crippen LogP contribution in [-0.2, 0) is 14.9 Å². The molecular weight excluding hydrogens is 276 g/mol. The van der Waals surface area contributed by atoms with Gasteiger partial charge in [0.25, 0.3) is 5.91 Å². The van der Waals surface area contributed by atoms with Crippen molar-refractivity contribution in [1.29, 1.82) is 0 Å². The minimum absolute atomic E-state index is 0.107. The highest BCUT2D eigenvalue weighted by Crippen LogP contribution is 2.18. The zero-order chi connectivity index (χ0) is 15.6. The lowest BCUT2D eigenvalue weighted by atomic mass is 9.96. The number of carboxylic acid groups (broad SMARTS) is 1. The number of hydrogen-bond acceptors (Lipinski definition) is 5. The fraction of sp³-hybridized carbons (Fsp3) is 0.692. The maximum Gasteiger partial charge on any atom is 0.306 e. The van der Waals surface area contributed by atoms with E-state index >= 15 is 0 Å². The minimum atomic E-state index is -0.942. The van der Waals surface area contributed by atoms with Gasteiger partial charge in [0.1, 0.15) is 5.82 Å². The fourth-order valence-electron chi connectivity index (χ4n) is 2.06. The van der Waals surface area contributed by atoms with E-state index in [0.29, 0.717) is 19.0 Å². The van der Waals surface area contributed by atoms with Crippen molar-refractivity contribution >= 4 is 11.9 Å². The third-order valence-electron chi connectivity index (χ3n) is 3.22. The lowest BCUT2D eigenvalue weighted by molar-refractivity contribution is -0.141. The Balaban J connectivity index is 2.05. The summed E-state index contributed by atoms with van der Waals surface area (Å²) in [6.07, 6.45) is -0.605. The van der Waals surface area contributed by atoms with E-state index in [-0.39, 0.29) is 30.1 Å². The lowest BCUT2D eigenvalue weighted by Gasteiger charge is -2.31. The van der Waals surface area contributed by atoms with Gasteiger partial charge in [-0.2, -0.15) is 0 Å². The van der Waals surface area contributed by atoms with Crippen LogP contribution < -0.4 is 0 Å². The molecule has 2 rings (SSSR count). The first-order valence-electron chi connectivity index (χ1n) is 6.83. The van der Waals surface area contributed by atoms with Crippen LogP contribution in [0.5, 0.6) is 0 Å². The standard InChI is InChI=1S/C13H20N4O4/c1-13(2,3)12-14-10(15-16-12)11(20)17-4-5-21-8(7-17)6-9(18)19/h8H,4-7H2,1-3H3,(H,18,19)(H,14,15,16). The number of carboxylic acids is 1. The molecule has 0 aromatic carbocycles. The Bertz CT molecular complexity index is 535. The van der Waals surface area contributed by atoms with Gasteiger partial charge in [-0.1, -0.05) is 20.8 Å². The second kappa shape index (κ2) is 5.80. The molecule has 2 heterocycles. The molecule has 1 aliphatic heterocycles. The molecule has 0 saturated carbocycles. The third kappa shape index (κ3) is 3.78. The summed E-state index contributed by atoms with van der Waals surface area (Å²) in [4.78, 5) is 28.8. The van der Waals surface area contributed by atoms with Crippen LogP contribution in [0.3, 0.4) is 0 Å². The van der Waals surface area contributed by atoms with Crippen LogP contribution in [0, 0.1) is 0 Å². The Kier molecular flexibility index (Phi) is 4.26. The molecule has 2 N–H and O–H groups in total. The average molecular weight is 296 g/mol. The molecule has 1 aromatic rings. The number of H-pyrrole nitrogens is 1. The van der Waals surface area contributed by atoms with Crippen LogP contribution in [0.15, 0.2) is 0 Å². The number of aromatic nitrogens is 3. The van der Waals surface area contributed by atoms with E-state index in [0.717, 1.165) is 0 Å². The summed E-state index contributed by atoms with van der Waals surface area (Å²) >= 11 is 0. The monoisotopic (exact) mass is 296 g/mol. The van der Waals surface area contributed by atoms with Gasteiger partial charge in [0, 0.05) is 18.5 Å². The van der Waals surface area contributed by atoms with E-state index in [4.69, 9.17) is 9.84 Å². The molecule has 1 aromatic heterocycles. The number of rotatable bonds is 3. The first-order chi connectivity index (χ1) is 9.77. The topological polar surface area (TPSA) is 108 Å². The molecule has 0 radical (unpaired) electrons. The van der Waals surface area contributed by atoms with Crippen molar-refractivity contribution < 1.29 is 19.4 Å². The smallest absolute Gasteiger partial charge is 0.306 e. The number of hydrogen-bond donors (Lipinski definition) is 2. The van der Waals surface area contributed by atoms with Gasteiger partial charge >= 0.3 is 5.97 Å². The zero-order valence-electron chi connectivity index (χ0n) is 12.4. The minimum Gasteiger partial charge on any atom is -0.481 e. The van der Waals surface area contributed by atoms with E-state index in [9.17, 15) is 9.59 Å². The summed E-state index contributed by atoms with van der Waals surface area (Å²) in [5.74, 6) is -0.500. The van der Waals surface area contributed by atoms with Gasteiger partial charge in [-0.3, -0.25) is 14.7 Å². The van der Waals surface area contributed by atoms with Crippen molar-refractivity contribution in [2.24, 2.45) is 0 Å². The van der Waals surface area contributed by atoms with Crippen LogP contribution in [-0.4, -0.2) is 62.9 Å². The zero-order valence-corrected chi connectivity index (χ0v) is 12.4. The first-order valence-corrected chi connectivity index (χ1v) is 6.83. The van der Waals surface area contributed by atoms with Gasteiger partial charge in [0.15, 0.2) is 0 Å². The molecule has 0 bridgehead atoms. The summed E-state index contributed by atoms with van der Waals surface area (Å²) in [7, 11) is 0. The molecule has 21 heavy (non-hydrogen) atoms. The van der Waals surface area contributed by atoms with E-state index in [2.05, 4.69) is 15.2 Å². The number of aliphatic carboxylic acids is 1. The molecule has 1 amide bonds. The predicted molar refractivity (Wildman–Crippen MR) is 73.0 cm³/mol. The first kappa shape index (κ1) is 15.4. The Morgan fingerprint density at radius 2 is 2.19 bits per heavy atom. The normalized spacial score (nSPS) is 19.6. The van der Waals surface area contributed by atoms with Crippen molar-refractivity contribution in [2.75, 3.05) is 19.7 Å². The van der Waals surface area contributed by atoms with Gasteiger partial charge in [-0.15, -0.1) is 5.10 Å². The molecule has 1 unspecified atom stereocenters.